The Balaban J connectivity index is 1.40. The Morgan fingerprint density at radius 3 is 2.65 bits per heavy atom. The van der Waals surface area contributed by atoms with Crippen molar-refractivity contribution in [3.05, 3.63) is 29.8 Å². The number of hydrogen-bond acceptors (Lipinski definition) is 4. The van der Waals surface area contributed by atoms with Crippen LogP contribution in [0.3, 0.4) is 0 Å². The summed E-state index contributed by atoms with van der Waals surface area (Å²) in [4.78, 5) is 5.38. The molecule has 3 fully saturated rings. The quantitative estimate of drug-likeness (QED) is 0.759. The van der Waals surface area contributed by atoms with Crippen LogP contribution < -0.4 is 4.74 Å². The molecule has 0 N–H and O–H groups in total. The van der Waals surface area contributed by atoms with Crippen LogP contribution in [0.1, 0.15) is 24.8 Å². The van der Waals surface area contributed by atoms with Crippen molar-refractivity contribution in [2.45, 2.75) is 31.8 Å². The van der Waals surface area contributed by atoms with Crippen LogP contribution in [0.25, 0.3) is 0 Å². The largest absolute Gasteiger partial charge is 0.481 e. The van der Waals surface area contributed by atoms with Gasteiger partial charge in [-0.25, -0.2) is 0 Å². The maximum absolute atomic E-state index is 5.58. The zero-order valence-corrected chi connectivity index (χ0v) is 15.6. The van der Waals surface area contributed by atoms with Crippen molar-refractivity contribution in [3.8, 4) is 18.1 Å². The number of morpholine rings is 1. The summed E-state index contributed by atoms with van der Waals surface area (Å²) in [5.74, 6) is 5.03. The van der Waals surface area contributed by atoms with Gasteiger partial charge in [-0.2, -0.15) is 0 Å². The zero-order chi connectivity index (χ0) is 17.8. The van der Waals surface area contributed by atoms with Crippen LogP contribution in [-0.2, 0) is 11.3 Å². The Hall–Kier alpha value is -1.54. The van der Waals surface area contributed by atoms with Crippen LogP contribution in [-0.4, -0.2) is 61.8 Å². The van der Waals surface area contributed by atoms with Crippen LogP contribution in [0.15, 0.2) is 24.3 Å². The van der Waals surface area contributed by atoms with Crippen molar-refractivity contribution in [3.63, 3.8) is 0 Å². The molecule has 4 rings (SSSR count). The molecule has 1 aromatic carbocycles. The third-order valence-electron chi connectivity index (χ3n) is 6.20. The highest BCUT2D eigenvalue weighted by molar-refractivity contribution is 5.29. The van der Waals surface area contributed by atoms with Crippen LogP contribution in [0.4, 0.5) is 0 Å². The van der Waals surface area contributed by atoms with Gasteiger partial charge in [-0.15, -0.1) is 6.42 Å². The number of nitrogens with zero attached hydrogens (tertiary/aromatic N) is 2. The first kappa shape index (κ1) is 17.9. The fraction of sp³-hybridized carbons (Fsp3) is 0.636. The standard InChI is InChI=1S/C22H30N2O2/c1-2-11-26-21-8-3-5-18(14-21)15-23-16-19-6-4-7-20(17-23)22(19)24-9-12-25-13-10-24/h1,3,5,8,14,19-20,22H,4,6-7,9-13,15-17H2/t19-,20-/m0/s1. The molecule has 1 aromatic rings. The lowest BCUT2D eigenvalue weighted by atomic mass is 9.72. The van der Waals surface area contributed by atoms with Gasteiger partial charge in [0.1, 0.15) is 12.4 Å². The van der Waals surface area contributed by atoms with Crippen LogP contribution in [0.5, 0.6) is 5.75 Å². The molecule has 0 aromatic heterocycles. The maximum atomic E-state index is 5.58. The molecule has 1 aliphatic carbocycles. The highest BCUT2D eigenvalue weighted by Gasteiger charge is 2.42. The normalized spacial score (nSPS) is 29.9. The SMILES string of the molecule is C#CCOc1cccc(CN2C[C@@H]3CCC[C@@H](C2)C3N2CCOCC2)c1. The van der Waals surface area contributed by atoms with Crippen molar-refractivity contribution in [1.82, 2.24) is 9.80 Å². The van der Waals surface area contributed by atoms with E-state index in [1.807, 2.05) is 6.07 Å². The number of likely N-dealkylation sites (tertiary alicyclic amines) is 1. The molecular weight excluding hydrogens is 324 g/mol. The van der Waals surface area contributed by atoms with Crippen molar-refractivity contribution in [2.24, 2.45) is 11.8 Å². The van der Waals surface area contributed by atoms with Gasteiger partial charge in [-0.1, -0.05) is 24.5 Å². The van der Waals surface area contributed by atoms with Crippen LogP contribution >= 0.6 is 0 Å². The van der Waals surface area contributed by atoms with Gasteiger partial charge in [0.25, 0.3) is 0 Å². The molecule has 1 saturated carbocycles. The summed E-state index contributed by atoms with van der Waals surface area (Å²) in [7, 11) is 0. The smallest absolute Gasteiger partial charge is 0.148 e. The highest BCUT2D eigenvalue weighted by atomic mass is 16.5. The molecule has 0 spiro atoms. The molecule has 2 bridgehead atoms. The molecule has 2 atom stereocenters. The first-order chi connectivity index (χ1) is 12.8. The van der Waals surface area contributed by atoms with Crippen molar-refractivity contribution >= 4 is 0 Å². The van der Waals surface area contributed by atoms with Crippen molar-refractivity contribution in [2.75, 3.05) is 46.0 Å². The Labute approximate surface area is 157 Å². The fourth-order valence-electron chi connectivity index (χ4n) is 5.22. The molecule has 4 nitrogen and oxygen atoms in total. The van der Waals surface area contributed by atoms with Gasteiger partial charge in [0.15, 0.2) is 0 Å². The van der Waals surface area contributed by atoms with Crippen molar-refractivity contribution < 1.29 is 9.47 Å². The van der Waals surface area contributed by atoms with Gasteiger partial charge in [0, 0.05) is 38.8 Å². The van der Waals surface area contributed by atoms with E-state index in [-0.39, 0.29) is 0 Å². The Bertz CT molecular complexity index is 621. The third-order valence-corrected chi connectivity index (χ3v) is 6.20. The van der Waals surface area contributed by atoms with E-state index in [0.717, 1.165) is 56.5 Å². The fourth-order valence-corrected chi connectivity index (χ4v) is 5.22. The average Bonchev–Trinajstić information content (AvgIpc) is 2.67. The predicted molar refractivity (Wildman–Crippen MR) is 103 cm³/mol. The molecule has 3 aliphatic rings. The van der Waals surface area contributed by atoms with Crippen LogP contribution in [0.2, 0.25) is 0 Å². The summed E-state index contributed by atoms with van der Waals surface area (Å²) in [6, 6.07) is 9.17. The molecular formula is C22H30N2O2. The summed E-state index contributed by atoms with van der Waals surface area (Å²) in [5, 5.41) is 0. The summed E-state index contributed by atoms with van der Waals surface area (Å²) >= 11 is 0. The summed E-state index contributed by atoms with van der Waals surface area (Å²) in [6.45, 7) is 7.82. The van der Waals surface area contributed by atoms with E-state index in [1.165, 1.54) is 37.9 Å². The number of piperidine rings is 1. The first-order valence-electron chi connectivity index (χ1n) is 10.0. The van der Waals surface area contributed by atoms with Gasteiger partial charge in [-0.3, -0.25) is 9.80 Å². The van der Waals surface area contributed by atoms with Gasteiger partial charge >= 0.3 is 0 Å². The minimum absolute atomic E-state index is 0.332. The van der Waals surface area contributed by atoms with Crippen molar-refractivity contribution in [1.29, 1.82) is 0 Å². The minimum atomic E-state index is 0.332. The lowest BCUT2D eigenvalue weighted by Crippen LogP contribution is -2.59. The average molecular weight is 354 g/mol. The predicted octanol–water partition coefficient (Wildman–Crippen LogP) is 2.63. The van der Waals surface area contributed by atoms with E-state index >= 15 is 0 Å². The Morgan fingerprint density at radius 2 is 1.92 bits per heavy atom. The molecule has 26 heavy (non-hydrogen) atoms. The summed E-state index contributed by atoms with van der Waals surface area (Å²) in [6.07, 6.45) is 9.45. The summed E-state index contributed by atoms with van der Waals surface area (Å²) in [5.41, 5.74) is 1.32. The maximum Gasteiger partial charge on any atom is 0.148 e. The molecule has 0 unspecified atom stereocenters. The molecule has 2 aliphatic heterocycles. The monoisotopic (exact) mass is 354 g/mol. The van der Waals surface area contributed by atoms with Gasteiger partial charge in [-0.05, 0) is 42.4 Å². The topological polar surface area (TPSA) is 24.9 Å². The third kappa shape index (κ3) is 4.06. The number of fused-ring (bicyclic) bond motifs is 2. The van der Waals surface area contributed by atoms with Gasteiger partial charge < -0.3 is 9.47 Å². The second-order valence-electron chi connectivity index (χ2n) is 7.92. The van der Waals surface area contributed by atoms with E-state index in [2.05, 4.69) is 33.9 Å². The van der Waals surface area contributed by atoms with E-state index < -0.39 is 0 Å². The van der Waals surface area contributed by atoms with Gasteiger partial charge in [0.05, 0.1) is 13.2 Å². The minimum Gasteiger partial charge on any atom is -0.481 e. The molecule has 0 radical (unpaired) electrons. The van der Waals surface area contributed by atoms with E-state index in [1.54, 1.807) is 0 Å². The Morgan fingerprint density at radius 1 is 1.15 bits per heavy atom. The number of terminal acetylenes is 1. The zero-order valence-electron chi connectivity index (χ0n) is 15.6. The second kappa shape index (κ2) is 8.43. The first-order valence-corrected chi connectivity index (χ1v) is 10.0. The highest BCUT2D eigenvalue weighted by Crippen LogP contribution is 2.38. The lowest BCUT2D eigenvalue weighted by molar-refractivity contribution is -0.0623. The van der Waals surface area contributed by atoms with E-state index in [9.17, 15) is 0 Å². The lowest BCUT2D eigenvalue weighted by Gasteiger charge is -2.52. The Kier molecular flexibility index (Phi) is 5.79. The molecule has 2 saturated heterocycles. The number of ether oxygens (including phenoxy) is 2. The summed E-state index contributed by atoms with van der Waals surface area (Å²) < 4.78 is 11.2. The van der Waals surface area contributed by atoms with E-state index in [0.29, 0.717) is 6.61 Å². The van der Waals surface area contributed by atoms with Gasteiger partial charge in [0.2, 0.25) is 0 Å². The molecule has 0 amide bonds. The molecule has 2 heterocycles. The van der Waals surface area contributed by atoms with E-state index in [4.69, 9.17) is 15.9 Å². The van der Waals surface area contributed by atoms with Crippen LogP contribution in [0, 0.1) is 24.2 Å². The molecule has 4 heteroatoms. The second-order valence-corrected chi connectivity index (χ2v) is 7.92. The number of rotatable bonds is 5. The number of hydrogen-bond donors (Lipinski definition) is 0. The number of benzene rings is 1. The molecule has 140 valence electrons.